The zero-order valence-corrected chi connectivity index (χ0v) is 11.6. The molecule has 0 fully saturated rings. The zero-order chi connectivity index (χ0) is 14.5. The van der Waals surface area contributed by atoms with Crippen LogP contribution in [0.25, 0.3) is 11.1 Å². The molecular formula is C14H19N3O3. The average Bonchev–Trinajstić information content (AvgIpc) is 2.79. The van der Waals surface area contributed by atoms with Gasteiger partial charge in [-0.3, -0.25) is 5.10 Å². The fraction of sp³-hybridized carbons (Fsp3) is 0.357. The second-order valence-electron chi connectivity index (χ2n) is 4.55. The number of aryl methyl sites for hydroxylation is 1. The van der Waals surface area contributed by atoms with Crippen LogP contribution in [0.15, 0.2) is 24.3 Å². The topological polar surface area (TPSA) is 93.4 Å². The van der Waals surface area contributed by atoms with E-state index in [1.165, 1.54) is 7.11 Å². The lowest BCUT2D eigenvalue weighted by atomic mass is 10.0. The molecule has 4 N–H and O–H groups in total. The van der Waals surface area contributed by atoms with Gasteiger partial charge in [-0.1, -0.05) is 24.3 Å². The third-order valence-corrected chi connectivity index (χ3v) is 2.95. The number of hydrogen-bond donors (Lipinski definition) is 3. The van der Waals surface area contributed by atoms with Crippen molar-refractivity contribution < 1.29 is 14.6 Å². The molecule has 0 saturated heterocycles. The van der Waals surface area contributed by atoms with Crippen molar-refractivity contribution in [3.63, 3.8) is 0 Å². The molecule has 1 heterocycles. The Morgan fingerprint density at radius 1 is 1.35 bits per heavy atom. The van der Waals surface area contributed by atoms with Gasteiger partial charge in [-0.15, -0.1) is 5.10 Å². The van der Waals surface area contributed by atoms with Gasteiger partial charge in [0.15, 0.2) is 0 Å². The number of nitrogens with one attached hydrogen (secondary N) is 1. The monoisotopic (exact) mass is 277 g/mol. The van der Waals surface area contributed by atoms with E-state index in [-0.39, 0.29) is 13.2 Å². The molecule has 1 aromatic heterocycles. The van der Waals surface area contributed by atoms with Crippen molar-refractivity contribution in [2.45, 2.75) is 13.0 Å². The van der Waals surface area contributed by atoms with Crippen molar-refractivity contribution in [3.05, 3.63) is 29.8 Å². The van der Waals surface area contributed by atoms with Crippen LogP contribution in [0, 0.1) is 6.92 Å². The predicted molar refractivity (Wildman–Crippen MR) is 76.6 cm³/mol. The Morgan fingerprint density at radius 3 is 2.80 bits per heavy atom. The first kappa shape index (κ1) is 14.4. The van der Waals surface area contributed by atoms with Crippen molar-refractivity contribution in [1.82, 2.24) is 10.2 Å². The first-order valence-electron chi connectivity index (χ1n) is 6.33. The predicted octanol–water partition coefficient (Wildman–Crippen LogP) is 1.35. The van der Waals surface area contributed by atoms with E-state index in [4.69, 9.17) is 15.2 Å². The van der Waals surface area contributed by atoms with Gasteiger partial charge in [0.05, 0.1) is 12.2 Å². The van der Waals surface area contributed by atoms with Crippen molar-refractivity contribution in [3.8, 4) is 17.0 Å². The molecular weight excluding hydrogens is 258 g/mol. The van der Waals surface area contributed by atoms with Gasteiger partial charge in [0.25, 0.3) is 0 Å². The van der Waals surface area contributed by atoms with E-state index in [9.17, 15) is 5.11 Å². The summed E-state index contributed by atoms with van der Waals surface area (Å²) < 4.78 is 10.4. The molecule has 0 bridgehead atoms. The van der Waals surface area contributed by atoms with Crippen LogP contribution in [-0.2, 0) is 4.74 Å². The van der Waals surface area contributed by atoms with Crippen molar-refractivity contribution in [2.24, 2.45) is 0 Å². The van der Waals surface area contributed by atoms with Gasteiger partial charge in [-0.25, -0.2) is 0 Å². The second-order valence-corrected chi connectivity index (χ2v) is 4.55. The van der Waals surface area contributed by atoms with Gasteiger partial charge in [0.2, 0.25) is 5.88 Å². The fourth-order valence-electron chi connectivity index (χ4n) is 1.97. The van der Waals surface area contributed by atoms with Crippen LogP contribution < -0.4 is 10.5 Å². The number of ether oxygens (including phenoxy) is 2. The summed E-state index contributed by atoms with van der Waals surface area (Å²) in [6.07, 6.45) is -0.706. The lowest BCUT2D eigenvalue weighted by Crippen LogP contribution is -2.22. The number of H-pyrrole nitrogens is 1. The van der Waals surface area contributed by atoms with E-state index < -0.39 is 6.10 Å². The Balaban J connectivity index is 2.22. The SMILES string of the molecule is COC[C@H](O)COc1n[nH]c(N)c1-c1ccccc1C. The lowest BCUT2D eigenvalue weighted by Gasteiger charge is -2.11. The second kappa shape index (κ2) is 6.40. The molecule has 2 aromatic rings. The Labute approximate surface area is 117 Å². The normalized spacial score (nSPS) is 12.3. The molecule has 6 nitrogen and oxygen atoms in total. The van der Waals surface area contributed by atoms with E-state index in [0.29, 0.717) is 17.3 Å². The summed E-state index contributed by atoms with van der Waals surface area (Å²) in [5.41, 5.74) is 8.66. The summed E-state index contributed by atoms with van der Waals surface area (Å²) >= 11 is 0. The number of nitrogens with zero attached hydrogens (tertiary/aromatic N) is 1. The summed E-state index contributed by atoms with van der Waals surface area (Å²) in [7, 11) is 1.52. The fourth-order valence-corrected chi connectivity index (χ4v) is 1.97. The van der Waals surface area contributed by atoms with Gasteiger partial charge in [-0.05, 0) is 18.1 Å². The number of aliphatic hydroxyl groups excluding tert-OH is 1. The van der Waals surface area contributed by atoms with Crippen LogP contribution in [0.4, 0.5) is 5.82 Å². The maximum Gasteiger partial charge on any atom is 0.242 e. The van der Waals surface area contributed by atoms with Crippen molar-refractivity contribution in [2.75, 3.05) is 26.1 Å². The van der Waals surface area contributed by atoms with Gasteiger partial charge in [0.1, 0.15) is 18.5 Å². The largest absolute Gasteiger partial charge is 0.473 e. The number of rotatable bonds is 6. The third-order valence-electron chi connectivity index (χ3n) is 2.95. The van der Waals surface area contributed by atoms with E-state index in [2.05, 4.69) is 10.2 Å². The molecule has 0 radical (unpaired) electrons. The van der Waals surface area contributed by atoms with Gasteiger partial charge < -0.3 is 20.3 Å². The molecule has 0 aliphatic heterocycles. The number of anilines is 1. The molecule has 0 spiro atoms. The summed E-state index contributed by atoms with van der Waals surface area (Å²) in [4.78, 5) is 0. The molecule has 1 atom stereocenters. The third kappa shape index (κ3) is 3.09. The highest BCUT2D eigenvalue weighted by atomic mass is 16.5. The molecule has 0 amide bonds. The molecule has 0 aliphatic carbocycles. The van der Waals surface area contributed by atoms with Crippen LogP contribution in [-0.4, -0.2) is 41.7 Å². The highest BCUT2D eigenvalue weighted by molar-refractivity contribution is 5.80. The van der Waals surface area contributed by atoms with Crippen molar-refractivity contribution in [1.29, 1.82) is 0 Å². The number of aromatic nitrogens is 2. The Kier molecular flexibility index (Phi) is 4.60. The first-order chi connectivity index (χ1) is 9.63. The van der Waals surface area contributed by atoms with E-state index in [1.807, 2.05) is 31.2 Å². The summed E-state index contributed by atoms with van der Waals surface area (Å²) in [5, 5.41) is 16.4. The van der Waals surface area contributed by atoms with Gasteiger partial charge in [-0.2, -0.15) is 0 Å². The number of hydrogen-bond acceptors (Lipinski definition) is 5. The minimum atomic E-state index is -0.706. The maximum atomic E-state index is 9.61. The number of methoxy groups -OCH3 is 1. The quantitative estimate of drug-likeness (QED) is 0.741. The number of aliphatic hydroxyl groups is 1. The van der Waals surface area contributed by atoms with Gasteiger partial charge >= 0.3 is 0 Å². The van der Waals surface area contributed by atoms with E-state index in [0.717, 1.165) is 11.1 Å². The van der Waals surface area contributed by atoms with E-state index in [1.54, 1.807) is 0 Å². The number of nitrogens with two attached hydrogens (primary N) is 1. The summed E-state index contributed by atoms with van der Waals surface area (Å²) in [6, 6.07) is 7.83. The minimum Gasteiger partial charge on any atom is -0.473 e. The molecule has 6 heteroatoms. The Morgan fingerprint density at radius 2 is 2.10 bits per heavy atom. The molecule has 1 aromatic carbocycles. The molecule has 108 valence electrons. The standard InChI is InChI=1S/C14H19N3O3/c1-9-5-3-4-6-11(9)12-13(15)16-17-14(12)20-8-10(18)7-19-2/h3-6,10,18H,7-8H2,1-2H3,(H3,15,16,17)/t10-/m0/s1. The number of aromatic amines is 1. The molecule has 0 saturated carbocycles. The molecule has 0 unspecified atom stereocenters. The molecule has 2 rings (SSSR count). The van der Waals surface area contributed by atoms with Gasteiger partial charge in [0, 0.05) is 7.11 Å². The highest BCUT2D eigenvalue weighted by Gasteiger charge is 2.17. The first-order valence-corrected chi connectivity index (χ1v) is 6.33. The van der Waals surface area contributed by atoms with E-state index >= 15 is 0 Å². The van der Waals surface area contributed by atoms with Crippen LogP contribution in [0.3, 0.4) is 0 Å². The minimum absolute atomic E-state index is 0.0943. The highest BCUT2D eigenvalue weighted by Crippen LogP contribution is 2.35. The maximum absolute atomic E-state index is 9.61. The lowest BCUT2D eigenvalue weighted by molar-refractivity contribution is 0.0315. The Bertz CT molecular complexity index is 569. The Hall–Kier alpha value is -2.05. The molecule has 0 aliphatic rings. The van der Waals surface area contributed by atoms with Crippen LogP contribution >= 0.6 is 0 Å². The summed E-state index contributed by atoms with van der Waals surface area (Å²) in [6.45, 7) is 2.29. The zero-order valence-electron chi connectivity index (χ0n) is 11.6. The molecule has 20 heavy (non-hydrogen) atoms. The summed E-state index contributed by atoms with van der Waals surface area (Å²) in [5.74, 6) is 0.822. The van der Waals surface area contributed by atoms with Crippen LogP contribution in [0.1, 0.15) is 5.56 Å². The van der Waals surface area contributed by atoms with Crippen LogP contribution in [0.2, 0.25) is 0 Å². The smallest absolute Gasteiger partial charge is 0.242 e. The van der Waals surface area contributed by atoms with Crippen molar-refractivity contribution >= 4 is 5.82 Å². The average molecular weight is 277 g/mol. The number of benzene rings is 1. The van der Waals surface area contributed by atoms with Crippen LogP contribution in [0.5, 0.6) is 5.88 Å². The number of nitrogen functional groups attached to an aromatic ring is 1.